The molecule has 2 atom stereocenters. The van der Waals surface area contributed by atoms with Crippen LogP contribution >= 0.6 is 0 Å². The zero-order chi connectivity index (χ0) is 21.8. The zero-order valence-corrected chi connectivity index (χ0v) is 17.4. The van der Waals surface area contributed by atoms with Crippen molar-refractivity contribution in [2.75, 3.05) is 6.54 Å². The molecule has 2 amide bonds. The average Bonchev–Trinajstić information content (AvgIpc) is 3.33. The van der Waals surface area contributed by atoms with Crippen LogP contribution in [0.4, 0.5) is 0 Å². The number of hydrogen-bond donors (Lipinski definition) is 4. The number of primary amides is 1. The maximum atomic E-state index is 12.7. The minimum absolute atomic E-state index is 0. The van der Waals surface area contributed by atoms with Crippen molar-refractivity contribution in [2.24, 2.45) is 11.5 Å². The van der Waals surface area contributed by atoms with Gasteiger partial charge in [-0.2, -0.15) is 0 Å². The van der Waals surface area contributed by atoms with Crippen LogP contribution in [0.3, 0.4) is 0 Å². The lowest BCUT2D eigenvalue weighted by Gasteiger charge is -2.25. The average molecular weight is 435 g/mol. The summed E-state index contributed by atoms with van der Waals surface area (Å²) in [6.07, 6.45) is 3.88. The summed E-state index contributed by atoms with van der Waals surface area (Å²) in [5, 5.41) is 0. The van der Waals surface area contributed by atoms with E-state index in [1.165, 1.54) is 21.9 Å². The van der Waals surface area contributed by atoms with E-state index in [0.29, 0.717) is 43.0 Å². The number of aromatic amines is 2. The fourth-order valence-corrected chi connectivity index (χ4v) is 3.88. The van der Waals surface area contributed by atoms with E-state index in [9.17, 15) is 19.2 Å². The third-order valence-electron chi connectivity index (χ3n) is 5.33. The first-order valence-corrected chi connectivity index (χ1v) is 10.0. The lowest BCUT2D eigenvalue weighted by atomic mass is 10.1. The Bertz CT molecular complexity index is 1040. The standard InChI is InChI=1S/C19H27N7O4.H2O/c1-2-5-25-11(8-16(27)24-19(25)30)7-13-14(23-10-22-13)9-12(20)18(29)26-6-3-4-15(26)17(21)28;/h8,10,12,15H,2-7,9,20H2,1H3,(H2,21,28)(H,22,23)(H,24,27,30);1H2/t12-,15-;/m0./s1. The number of nitrogens with zero attached hydrogens (tertiary/aromatic N) is 3. The first kappa shape index (κ1) is 24.0. The number of carbonyl (C=O) groups excluding carboxylic acids is 2. The van der Waals surface area contributed by atoms with Crippen molar-refractivity contribution in [1.82, 2.24) is 24.4 Å². The van der Waals surface area contributed by atoms with Crippen LogP contribution in [0.15, 0.2) is 22.0 Å². The van der Waals surface area contributed by atoms with Crippen LogP contribution in [0, 0.1) is 0 Å². The minimum atomic E-state index is -0.885. The SMILES string of the molecule is CCCn1c(Cc2[nH]cnc2C[C@H](N)C(=O)N2CCC[C@H]2C(N)=O)cc(=O)[nH]c1=O.O. The number of likely N-dealkylation sites (tertiary alicyclic amines) is 1. The molecule has 1 aliphatic heterocycles. The van der Waals surface area contributed by atoms with E-state index in [2.05, 4.69) is 15.0 Å². The maximum absolute atomic E-state index is 12.7. The molecule has 0 saturated carbocycles. The Morgan fingerprint density at radius 3 is 2.77 bits per heavy atom. The molecular formula is C19H29N7O5. The Morgan fingerprint density at radius 1 is 1.35 bits per heavy atom. The molecule has 1 fully saturated rings. The van der Waals surface area contributed by atoms with Crippen molar-refractivity contribution in [3.8, 4) is 0 Å². The summed E-state index contributed by atoms with van der Waals surface area (Å²) in [7, 11) is 0. The Hall–Kier alpha value is -3.25. The molecule has 0 radical (unpaired) electrons. The quantitative estimate of drug-likeness (QED) is 0.361. The number of nitrogens with one attached hydrogen (secondary N) is 2. The van der Waals surface area contributed by atoms with Crippen LogP contribution < -0.4 is 22.7 Å². The number of amides is 2. The Morgan fingerprint density at radius 2 is 2.10 bits per heavy atom. The summed E-state index contributed by atoms with van der Waals surface area (Å²) in [6, 6.07) is -0.125. The number of H-pyrrole nitrogens is 2. The predicted octanol–water partition coefficient (Wildman–Crippen LogP) is -2.22. The Kier molecular flexibility index (Phi) is 7.89. The molecule has 0 aliphatic carbocycles. The molecule has 12 heteroatoms. The van der Waals surface area contributed by atoms with E-state index in [4.69, 9.17) is 11.5 Å². The lowest BCUT2D eigenvalue weighted by Crippen LogP contribution is -2.50. The van der Waals surface area contributed by atoms with Gasteiger partial charge in [0.15, 0.2) is 0 Å². The number of hydrogen-bond acceptors (Lipinski definition) is 6. The topological polar surface area (TPSA) is 204 Å². The fraction of sp³-hybridized carbons (Fsp3) is 0.526. The monoisotopic (exact) mass is 435 g/mol. The minimum Gasteiger partial charge on any atom is -0.412 e. The highest BCUT2D eigenvalue weighted by Gasteiger charge is 2.35. The van der Waals surface area contributed by atoms with Gasteiger partial charge in [-0.05, 0) is 19.3 Å². The van der Waals surface area contributed by atoms with Crippen molar-refractivity contribution >= 4 is 11.8 Å². The number of nitrogens with two attached hydrogens (primary N) is 2. The molecule has 170 valence electrons. The van der Waals surface area contributed by atoms with Crippen molar-refractivity contribution in [2.45, 2.75) is 57.7 Å². The Labute approximate surface area is 178 Å². The molecule has 31 heavy (non-hydrogen) atoms. The van der Waals surface area contributed by atoms with Crippen molar-refractivity contribution in [3.63, 3.8) is 0 Å². The molecule has 12 nitrogen and oxygen atoms in total. The second-order valence-corrected chi connectivity index (χ2v) is 7.49. The molecule has 2 aromatic heterocycles. The van der Waals surface area contributed by atoms with Crippen molar-refractivity contribution < 1.29 is 15.1 Å². The van der Waals surface area contributed by atoms with Gasteiger partial charge in [-0.15, -0.1) is 0 Å². The van der Waals surface area contributed by atoms with Gasteiger partial charge in [-0.25, -0.2) is 9.78 Å². The molecule has 2 aromatic rings. The van der Waals surface area contributed by atoms with Crippen LogP contribution in [0.25, 0.3) is 0 Å². The number of imidazole rings is 1. The molecule has 1 aliphatic rings. The molecule has 1 saturated heterocycles. The van der Waals surface area contributed by atoms with Gasteiger partial charge in [-0.1, -0.05) is 6.92 Å². The molecule has 8 N–H and O–H groups in total. The highest BCUT2D eigenvalue weighted by Crippen LogP contribution is 2.19. The van der Waals surface area contributed by atoms with E-state index in [1.807, 2.05) is 6.92 Å². The molecule has 0 unspecified atom stereocenters. The molecule has 3 heterocycles. The van der Waals surface area contributed by atoms with Crippen LogP contribution in [0.5, 0.6) is 0 Å². The molecule has 0 bridgehead atoms. The third kappa shape index (κ3) is 5.27. The maximum Gasteiger partial charge on any atom is 0.328 e. The fourth-order valence-electron chi connectivity index (χ4n) is 3.88. The van der Waals surface area contributed by atoms with E-state index in [1.54, 1.807) is 0 Å². The summed E-state index contributed by atoms with van der Waals surface area (Å²) >= 11 is 0. The van der Waals surface area contributed by atoms with Crippen LogP contribution in [-0.2, 0) is 29.0 Å². The van der Waals surface area contributed by atoms with Crippen LogP contribution in [0.2, 0.25) is 0 Å². The van der Waals surface area contributed by atoms with Gasteiger partial charge in [0.25, 0.3) is 5.56 Å². The van der Waals surface area contributed by atoms with Gasteiger partial charge in [0.05, 0.1) is 18.1 Å². The van der Waals surface area contributed by atoms with E-state index in [0.717, 1.165) is 6.42 Å². The summed E-state index contributed by atoms with van der Waals surface area (Å²) in [4.78, 5) is 59.2. The van der Waals surface area contributed by atoms with Gasteiger partial charge in [0.1, 0.15) is 6.04 Å². The van der Waals surface area contributed by atoms with E-state index >= 15 is 0 Å². The molecule has 3 rings (SSSR count). The zero-order valence-electron chi connectivity index (χ0n) is 17.4. The number of rotatable bonds is 8. The van der Waals surface area contributed by atoms with Gasteiger partial charge >= 0.3 is 5.69 Å². The summed E-state index contributed by atoms with van der Waals surface area (Å²) in [6.45, 7) is 2.85. The Balaban J connectivity index is 0.00000341. The smallest absolute Gasteiger partial charge is 0.328 e. The number of aromatic nitrogens is 4. The molecule has 0 spiro atoms. The second-order valence-electron chi connectivity index (χ2n) is 7.49. The van der Waals surface area contributed by atoms with Gasteiger partial charge < -0.3 is 26.8 Å². The van der Waals surface area contributed by atoms with E-state index < -0.39 is 29.2 Å². The predicted molar refractivity (Wildman–Crippen MR) is 112 cm³/mol. The summed E-state index contributed by atoms with van der Waals surface area (Å²) in [5.74, 6) is -0.874. The first-order chi connectivity index (χ1) is 14.3. The van der Waals surface area contributed by atoms with Gasteiger partial charge in [-0.3, -0.25) is 23.9 Å². The first-order valence-electron chi connectivity index (χ1n) is 10.0. The normalized spacial score (nSPS) is 16.7. The van der Waals surface area contributed by atoms with Crippen LogP contribution in [0.1, 0.15) is 43.3 Å². The summed E-state index contributed by atoms with van der Waals surface area (Å²) in [5.41, 5.74) is 12.4. The van der Waals surface area contributed by atoms with Gasteiger partial charge in [0, 0.05) is 43.4 Å². The third-order valence-corrected chi connectivity index (χ3v) is 5.33. The largest absolute Gasteiger partial charge is 0.412 e. The highest BCUT2D eigenvalue weighted by atomic mass is 16.2. The van der Waals surface area contributed by atoms with E-state index in [-0.39, 0.29) is 24.2 Å². The summed E-state index contributed by atoms with van der Waals surface area (Å²) < 4.78 is 1.51. The highest BCUT2D eigenvalue weighted by molar-refractivity contribution is 5.89. The molecule has 0 aromatic carbocycles. The molecular weight excluding hydrogens is 406 g/mol. The lowest BCUT2D eigenvalue weighted by molar-refractivity contribution is -0.138. The van der Waals surface area contributed by atoms with Crippen LogP contribution in [-0.4, -0.2) is 60.3 Å². The number of carbonyl (C=O) groups is 2. The van der Waals surface area contributed by atoms with Crippen molar-refractivity contribution in [3.05, 3.63) is 50.3 Å². The van der Waals surface area contributed by atoms with Crippen molar-refractivity contribution in [1.29, 1.82) is 0 Å². The van der Waals surface area contributed by atoms with Gasteiger partial charge in [0.2, 0.25) is 11.8 Å². The second kappa shape index (κ2) is 10.2.